The van der Waals surface area contributed by atoms with Crippen molar-refractivity contribution in [2.75, 3.05) is 31.1 Å². The number of benzene rings is 1. The maximum atomic E-state index is 12.6. The van der Waals surface area contributed by atoms with Crippen LogP contribution in [0.3, 0.4) is 0 Å². The molecular weight excluding hydrogens is 326 g/mol. The van der Waals surface area contributed by atoms with Crippen molar-refractivity contribution in [1.82, 2.24) is 4.90 Å². The van der Waals surface area contributed by atoms with Gasteiger partial charge >= 0.3 is 0 Å². The number of carbonyl (C=O) groups excluding carboxylic acids is 2. The van der Waals surface area contributed by atoms with Crippen molar-refractivity contribution >= 4 is 29.9 Å². The molecule has 2 saturated heterocycles. The number of aryl methyl sites for hydroxylation is 1. The molecule has 0 spiro atoms. The van der Waals surface area contributed by atoms with E-state index in [1.807, 2.05) is 29.2 Å². The summed E-state index contributed by atoms with van der Waals surface area (Å²) >= 11 is 0. The standard InChI is InChI=1S/C18H25N3O2.ClH/c1-2-13-3-5-16(6-4-13)21-12-15(9-17(21)22)18(23)20-8-7-14(10-19)11-20;/h3-6,14-15H,2,7-12,19H2,1H3;1H. The minimum absolute atomic E-state index is 0. The van der Waals surface area contributed by atoms with Crippen LogP contribution in [-0.4, -0.2) is 42.9 Å². The molecule has 132 valence electrons. The van der Waals surface area contributed by atoms with Gasteiger partial charge in [-0.25, -0.2) is 0 Å². The Morgan fingerprint density at radius 3 is 2.54 bits per heavy atom. The Balaban J connectivity index is 0.00000208. The quantitative estimate of drug-likeness (QED) is 0.900. The zero-order valence-electron chi connectivity index (χ0n) is 14.1. The number of amides is 2. The first-order valence-corrected chi connectivity index (χ1v) is 8.50. The maximum Gasteiger partial charge on any atom is 0.228 e. The number of hydrogen-bond acceptors (Lipinski definition) is 3. The van der Waals surface area contributed by atoms with E-state index in [1.54, 1.807) is 4.90 Å². The van der Waals surface area contributed by atoms with Crippen molar-refractivity contribution in [3.8, 4) is 0 Å². The van der Waals surface area contributed by atoms with Crippen LogP contribution in [0, 0.1) is 11.8 Å². The topological polar surface area (TPSA) is 66.6 Å². The monoisotopic (exact) mass is 351 g/mol. The molecule has 0 radical (unpaired) electrons. The van der Waals surface area contributed by atoms with Crippen molar-refractivity contribution in [3.63, 3.8) is 0 Å². The van der Waals surface area contributed by atoms with E-state index < -0.39 is 0 Å². The van der Waals surface area contributed by atoms with E-state index in [-0.39, 0.29) is 30.1 Å². The summed E-state index contributed by atoms with van der Waals surface area (Å²) in [6.07, 6.45) is 2.27. The third-order valence-electron chi connectivity index (χ3n) is 5.06. The largest absolute Gasteiger partial charge is 0.342 e. The van der Waals surface area contributed by atoms with Crippen LogP contribution in [-0.2, 0) is 16.0 Å². The van der Waals surface area contributed by atoms with Gasteiger partial charge in [-0.2, -0.15) is 0 Å². The zero-order valence-corrected chi connectivity index (χ0v) is 14.9. The predicted octanol–water partition coefficient (Wildman–Crippen LogP) is 1.83. The summed E-state index contributed by atoms with van der Waals surface area (Å²) in [5.41, 5.74) is 7.83. The average molecular weight is 352 g/mol. The van der Waals surface area contributed by atoms with E-state index in [0.29, 0.717) is 25.4 Å². The fourth-order valence-corrected chi connectivity index (χ4v) is 3.52. The molecule has 0 saturated carbocycles. The second-order valence-corrected chi connectivity index (χ2v) is 6.60. The minimum Gasteiger partial charge on any atom is -0.342 e. The molecule has 0 aromatic heterocycles. The highest BCUT2D eigenvalue weighted by atomic mass is 35.5. The van der Waals surface area contributed by atoms with Gasteiger partial charge in [0.05, 0.1) is 5.92 Å². The molecule has 2 unspecified atom stereocenters. The lowest BCUT2D eigenvalue weighted by atomic mass is 10.1. The first kappa shape index (κ1) is 18.7. The molecule has 2 aliphatic heterocycles. The van der Waals surface area contributed by atoms with E-state index in [1.165, 1.54) is 5.56 Å². The van der Waals surface area contributed by atoms with Gasteiger partial charge in [0, 0.05) is 31.7 Å². The molecule has 2 atom stereocenters. The Labute approximate surface area is 149 Å². The average Bonchev–Trinajstić information content (AvgIpc) is 3.21. The first-order chi connectivity index (χ1) is 11.1. The highest BCUT2D eigenvalue weighted by molar-refractivity contribution is 6.00. The van der Waals surface area contributed by atoms with Crippen LogP contribution in [0.25, 0.3) is 0 Å². The van der Waals surface area contributed by atoms with Crippen LogP contribution in [0.2, 0.25) is 0 Å². The third-order valence-corrected chi connectivity index (χ3v) is 5.06. The van der Waals surface area contributed by atoms with Gasteiger partial charge in [-0.1, -0.05) is 19.1 Å². The maximum absolute atomic E-state index is 12.6. The second-order valence-electron chi connectivity index (χ2n) is 6.60. The number of nitrogens with two attached hydrogens (primary N) is 1. The Morgan fingerprint density at radius 2 is 1.96 bits per heavy atom. The lowest BCUT2D eigenvalue weighted by Gasteiger charge is -2.21. The third kappa shape index (κ3) is 3.73. The van der Waals surface area contributed by atoms with E-state index in [2.05, 4.69) is 6.92 Å². The lowest BCUT2D eigenvalue weighted by Crippen LogP contribution is -2.36. The van der Waals surface area contributed by atoms with E-state index in [0.717, 1.165) is 31.6 Å². The summed E-state index contributed by atoms with van der Waals surface area (Å²) in [5.74, 6) is 0.350. The number of carbonyl (C=O) groups is 2. The van der Waals surface area contributed by atoms with E-state index in [9.17, 15) is 9.59 Å². The van der Waals surface area contributed by atoms with Gasteiger partial charge < -0.3 is 15.5 Å². The van der Waals surface area contributed by atoms with Crippen molar-refractivity contribution in [1.29, 1.82) is 0 Å². The summed E-state index contributed by atoms with van der Waals surface area (Å²) in [5, 5.41) is 0. The number of halogens is 1. The Morgan fingerprint density at radius 1 is 1.25 bits per heavy atom. The highest BCUT2D eigenvalue weighted by Crippen LogP contribution is 2.28. The summed E-state index contributed by atoms with van der Waals surface area (Å²) in [7, 11) is 0. The fraction of sp³-hybridized carbons (Fsp3) is 0.556. The smallest absolute Gasteiger partial charge is 0.228 e. The van der Waals surface area contributed by atoms with Crippen LogP contribution in [0.5, 0.6) is 0 Å². The molecule has 0 bridgehead atoms. The van der Waals surface area contributed by atoms with Crippen molar-refractivity contribution in [2.24, 2.45) is 17.6 Å². The van der Waals surface area contributed by atoms with Gasteiger partial charge in [0.25, 0.3) is 0 Å². The molecule has 1 aromatic carbocycles. The molecule has 6 heteroatoms. The van der Waals surface area contributed by atoms with Crippen LogP contribution in [0.1, 0.15) is 25.3 Å². The van der Waals surface area contributed by atoms with Crippen molar-refractivity contribution in [3.05, 3.63) is 29.8 Å². The van der Waals surface area contributed by atoms with Gasteiger partial charge in [-0.15, -0.1) is 12.4 Å². The molecule has 1 aromatic rings. The van der Waals surface area contributed by atoms with Crippen molar-refractivity contribution in [2.45, 2.75) is 26.2 Å². The molecule has 2 aliphatic rings. The lowest BCUT2D eigenvalue weighted by molar-refractivity contribution is -0.134. The first-order valence-electron chi connectivity index (χ1n) is 8.50. The predicted molar refractivity (Wildman–Crippen MR) is 97.3 cm³/mol. The molecule has 0 aliphatic carbocycles. The fourth-order valence-electron chi connectivity index (χ4n) is 3.52. The Bertz CT molecular complexity index is 590. The molecule has 3 rings (SSSR count). The number of hydrogen-bond donors (Lipinski definition) is 1. The summed E-state index contributed by atoms with van der Waals surface area (Å²) < 4.78 is 0. The normalized spacial score (nSPS) is 23.5. The van der Waals surface area contributed by atoms with Gasteiger partial charge in [-0.05, 0) is 43.0 Å². The zero-order chi connectivity index (χ0) is 16.4. The molecule has 2 fully saturated rings. The Kier molecular flexibility index (Phi) is 6.24. The molecule has 2 N–H and O–H groups in total. The van der Waals surface area contributed by atoms with E-state index >= 15 is 0 Å². The van der Waals surface area contributed by atoms with Crippen LogP contribution in [0.4, 0.5) is 5.69 Å². The SMILES string of the molecule is CCc1ccc(N2CC(C(=O)N3CCC(CN)C3)CC2=O)cc1.Cl. The summed E-state index contributed by atoms with van der Waals surface area (Å²) in [6.45, 7) is 4.74. The summed E-state index contributed by atoms with van der Waals surface area (Å²) in [6, 6.07) is 8.04. The molecule has 24 heavy (non-hydrogen) atoms. The van der Waals surface area contributed by atoms with Gasteiger partial charge in [0.2, 0.25) is 11.8 Å². The molecule has 5 nitrogen and oxygen atoms in total. The molecule has 2 heterocycles. The number of rotatable bonds is 4. The molecule has 2 amide bonds. The highest BCUT2D eigenvalue weighted by Gasteiger charge is 2.38. The minimum atomic E-state index is -0.218. The van der Waals surface area contributed by atoms with Gasteiger partial charge in [-0.3, -0.25) is 9.59 Å². The van der Waals surface area contributed by atoms with E-state index in [4.69, 9.17) is 5.73 Å². The van der Waals surface area contributed by atoms with Crippen LogP contribution in [0.15, 0.2) is 24.3 Å². The van der Waals surface area contributed by atoms with Crippen LogP contribution < -0.4 is 10.6 Å². The van der Waals surface area contributed by atoms with Gasteiger partial charge in [0.15, 0.2) is 0 Å². The number of nitrogens with zero attached hydrogens (tertiary/aromatic N) is 2. The summed E-state index contributed by atoms with van der Waals surface area (Å²) in [4.78, 5) is 28.6. The van der Waals surface area contributed by atoms with Gasteiger partial charge in [0.1, 0.15) is 0 Å². The number of likely N-dealkylation sites (tertiary alicyclic amines) is 1. The number of anilines is 1. The van der Waals surface area contributed by atoms with Crippen molar-refractivity contribution < 1.29 is 9.59 Å². The second kappa shape index (κ2) is 7.99. The molecular formula is C18H26ClN3O2. The Hall–Kier alpha value is -1.59. The van der Waals surface area contributed by atoms with Crippen LogP contribution >= 0.6 is 12.4 Å².